The molecule has 1 heterocycles. The first kappa shape index (κ1) is 13.6. The minimum atomic E-state index is -0.408. The van der Waals surface area contributed by atoms with E-state index in [1.807, 2.05) is 0 Å². The van der Waals surface area contributed by atoms with Crippen molar-refractivity contribution in [2.24, 2.45) is 0 Å². The normalized spacial score (nSPS) is 13.0. The lowest BCUT2D eigenvalue weighted by Gasteiger charge is -2.08. The summed E-state index contributed by atoms with van der Waals surface area (Å²) in [5, 5.41) is 9.69. The first-order chi connectivity index (χ1) is 10.3. The average Bonchev–Trinajstić information content (AvgIpc) is 3.07. The van der Waals surface area contributed by atoms with Gasteiger partial charge in [-0.3, -0.25) is 9.89 Å². The number of aromatic amines is 1. The molecule has 1 aromatic heterocycles. The van der Waals surface area contributed by atoms with Crippen LogP contribution < -0.4 is 10.1 Å². The fourth-order valence-electron chi connectivity index (χ4n) is 2.48. The van der Waals surface area contributed by atoms with Gasteiger partial charge in [0.2, 0.25) is 0 Å². The summed E-state index contributed by atoms with van der Waals surface area (Å²) < 4.78 is 18.6. The molecule has 0 fully saturated rings. The molecule has 1 amide bonds. The van der Waals surface area contributed by atoms with Gasteiger partial charge in [0.1, 0.15) is 6.61 Å². The highest BCUT2D eigenvalue weighted by molar-refractivity contribution is 5.94. The van der Waals surface area contributed by atoms with Crippen LogP contribution in [0.4, 0.5) is 4.39 Å². The minimum absolute atomic E-state index is 0.187. The van der Waals surface area contributed by atoms with Crippen molar-refractivity contribution in [2.75, 3.05) is 13.2 Å². The number of benzene rings is 1. The first-order valence-electron chi connectivity index (χ1n) is 6.97. The Kier molecular flexibility index (Phi) is 3.85. The number of aryl methyl sites for hydroxylation is 1. The molecule has 110 valence electrons. The third-order valence-corrected chi connectivity index (χ3v) is 3.50. The number of carbonyl (C=O) groups excluding carboxylic acids is 1. The van der Waals surface area contributed by atoms with Crippen molar-refractivity contribution in [1.82, 2.24) is 15.5 Å². The number of halogens is 1. The van der Waals surface area contributed by atoms with Gasteiger partial charge in [-0.05, 0) is 31.4 Å². The lowest BCUT2D eigenvalue weighted by atomic mass is 10.2. The molecule has 0 aliphatic heterocycles. The van der Waals surface area contributed by atoms with E-state index in [-0.39, 0.29) is 18.3 Å². The molecule has 0 atom stereocenters. The van der Waals surface area contributed by atoms with Crippen LogP contribution in [0.1, 0.15) is 28.2 Å². The third-order valence-electron chi connectivity index (χ3n) is 3.50. The molecule has 0 saturated heterocycles. The molecule has 0 radical (unpaired) electrons. The van der Waals surface area contributed by atoms with Gasteiger partial charge in [-0.1, -0.05) is 12.1 Å². The van der Waals surface area contributed by atoms with Crippen LogP contribution in [-0.4, -0.2) is 29.3 Å². The van der Waals surface area contributed by atoms with Gasteiger partial charge in [0, 0.05) is 11.3 Å². The number of hydrogen-bond acceptors (Lipinski definition) is 3. The predicted molar refractivity (Wildman–Crippen MR) is 74.8 cm³/mol. The van der Waals surface area contributed by atoms with Crippen LogP contribution in [0.25, 0.3) is 0 Å². The number of rotatable bonds is 5. The Morgan fingerprint density at radius 2 is 2.24 bits per heavy atom. The number of fused-ring (bicyclic) bond motifs is 1. The van der Waals surface area contributed by atoms with E-state index in [1.54, 1.807) is 18.2 Å². The van der Waals surface area contributed by atoms with Crippen LogP contribution in [0.5, 0.6) is 5.75 Å². The van der Waals surface area contributed by atoms with Crippen molar-refractivity contribution in [3.8, 4) is 5.75 Å². The van der Waals surface area contributed by atoms with Gasteiger partial charge in [0.15, 0.2) is 17.3 Å². The van der Waals surface area contributed by atoms with Crippen molar-refractivity contribution in [3.63, 3.8) is 0 Å². The maximum Gasteiger partial charge on any atom is 0.272 e. The smallest absolute Gasteiger partial charge is 0.272 e. The zero-order valence-corrected chi connectivity index (χ0v) is 11.5. The number of para-hydroxylation sites is 1. The molecule has 1 aliphatic rings. The molecule has 1 aromatic carbocycles. The molecular formula is C15H16FN3O2. The maximum atomic E-state index is 13.3. The highest BCUT2D eigenvalue weighted by Crippen LogP contribution is 2.22. The second kappa shape index (κ2) is 5.95. The highest BCUT2D eigenvalue weighted by Gasteiger charge is 2.22. The van der Waals surface area contributed by atoms with Crippen molar-refractivity contribution in [1.29, 1.82) is 0 Å². The number of nitrogens with zero attached hydrogens (tertiary/aromatic N) is 1. The second-order valence-corrected chi connectivity index (χ2v) is 4.92. The molecule has 3 rings (SSSR count). The molecule has 0 saturated carbocycles. The Bertz CT molecular complexity index is 654. The van der Waals surface area contributed by atoms with Gasteiger partial charge in [-0.2, -0.15) is 5.10 Å². The van der Waals surface area contributed by atoms with E-state index >= 15 is 0 Å². The Morgan fingerprint density at radius 3 is 3.10 bits per heavy atom. The molecular weight excluding hydrogens is 273 g/mol. The number of hydrogen-bond donors (Lipinski definition) is 2. The molecule has 1 aliphatic carbocycles. The lowest BCUT2D eigenvalue weighted by Crippen LogP contribution is -2.29. The fraction of sp³-hybridized carbons (Fsp3) is 0.333. The van der Waals surface area contributed by atoms with Crippen LogP contribution in [0.15, 0.2) is 24.3 Å². The molecule has 5 nitrogen and oxygen atoms in total. The van der Waals surface area contributed by atoms with Gasteiger partial charge in [-0.15, -0.1) is 0 Å². The topological polar surface area (TPSA) is 67.0 Å². The van der Waals surface area contributed by atoms with Crippen LogP contribution in [0.3, 0.4) is 0 Å². The van der Waals surface area contributed by atoms with E-state index in [4.69, 9.17) is 4.74 Å². The Morgan fingerprint density at radius 1 is 1.38 bits per heavy atom. The van der Waals surface area contributed by atoms with Crippen LogP contribution in [-0.2, 0) is 12.8 Å². The van der Waals surface area contributed by atoms with Crippen molar-refractivity contribution in [2.45, 2.75) is 19.3 Å². The van der Waals surface area contributed by atoms with Crippen LogP contribution in [0, 0.1) is 5.82 Å². The van der Waals surface area contributed by atoms with Gasteiger partial charge in [0.05, 0.1) is 6.54 Å². The minimum Gasteiger partial charge on any atom is -0.489 e. The molecule has 2 N–H and O–H groups in total. The van der Waals surface area contributed by atoms with Gasteiger partial charge >= 0.3 is 0 Å². The zero-order valence-electron chi connectivity index (χ0n) is 11.5. The third kappa shape index (κ3) is 2.89. The van der Waals surface area contributed by atoms with E-state index in [1.165, 1.54) is 6.07 Å². The molecule has 21 heavy (non-hydrogen) atoms. The van der Waals surface area contributed by atoms with E-state index in [0.29, 0.717) is 12.2 Å². The number of amides is 1. The van der Waals surface area contributed by atoms with E-state index in [0.717, 1.165) is 30.5 Å². The number of H-pyrrole nitrogens is 1. The number of nitrogens with one attached hydrogen (secondary N) is 2. The Labute approximate surface area is 121 Å². The van der Waals surface area contributed by atoms with E-state index in [9.17, 15) is 9.18 Å². The molecule has 6 heteroatoms. The molecule has 0 bridgehead atoms. The average molecular weight is 289 g/mol. The van der Waals surface area contributed by atoms with Crippen LogP contribution >= 0.6 is 0 Å². The van der Waals surface area contributed by atoms with Crippen molar-refractivity contribution < 1.29 is 13.9 Å². The summed E-state index contributed by atoms with van der Waals surface area (Å²) in [4.78, 5) is 12.0. The lowest BCUT2D eigenvalue weighted by molar-refractivity contribution is 0.0941. The summed E-state index contributed by atoms with van der Waals surface area (Å²) in [6, 6.07) is 6.19. The molecule has 0 unspecified atom stereocenters. The molecule has 0 spiro atoms. The summed E-state index contributed by atoms with van der Waals surface area (Å²) in [6.07, 6.45) is 2.90. The maximum absolute atomic E-state index is 13.3. The number of aromatic nitrogens is 2. The number of carbonyl (C=O) groups is 1. The van der Waals surface area contributed by atoms with Crippen LogP contribution in [0.2, 0.25) is 0 Å². The number of ether oxygens (including phenoxy) is 1. The summed E-state index contributed by atoms with van der Waals surface area (Å²) >= 11 is 0. The second-order valence-electron chi connectivity index (χ2n) is 4.92. The van der Waals surface area contributed by atoms with Gasteiger partial charge in [0.25, 0.3) is 5.91 Å². The summed E-state index contributed by atoms with van der Waals surface area (Å²) in [7, 11) is 0. The summed E-state index contributed by atoms with van der Waals surface area (Å²) in [5.41, 5.74) is 2.54. The monoisotopic (exact) mass is 289 g/mol. The first-order valence-corrected chi connectivity index (χ1v) is 6.97. The largest absolute Gasteiger partial charge is 0.489 e. The van der Waals surface area contributed by atoms with E-state index < -0.39 is 5.82 Å². The quantitative estimate of drug-likeness (QED) is 0.825. The standard InChI is InChI=1S/C15H16FN3O2/c16-11-5-1-2-7-13(11)21-9-8-17-15(20)14-10-4-3-6-12(10)18-19-14/h1-2,5,7H,3-4,6,8-9H2,(H,17,20)(H,18,19). The summed E-state index contributed by atoms with van der Waals surface area (Å²) in [5.74, 6) is -0.437. The SMILES string of the molecule is O=C(NCCOc1ccccc1F)c1n[nH]c2c1CCC2. The predicted octanol–water partition coefficient (Wildman–Crippen LogP) is 1.85. The van der Waals surface area contributed by atoms with Gasteiger partial charge in [-0.25, -0.2) is 4.39 Å². The summed E-state index contributed by atoms with van der Waals surface area (Å²) in [6.45, 7) is 0.508. The van der Waals surface area contributed by atoms with Crippen molar-refractivity contribution in [3.05, 3.63) is 47.0 Å². The Balaban J connectivity index is 1.49. The van der Waals surface area contributed by atoms with Gasteiger partial charge < -0.3 is 10.1 Å². The zero-order chi connectivity index (χ0) is 14.7. The van der Waals surface area contributed by atoms with E-state index in [2.05, 4.69) is 15.5 Å². The molecule has 2 aromatic rings. The fourth-order valence-corrected chi connectivity index (χ4v) is 2.48. The van der Waals surface area contributed by atoms with Crippen molar-refractivity contribution >= 4 is 5.91 Å². The highest BCUT2D eigenvalue weighted by atomic mass is 19.1. The Hall–Kier alpha value is -2.37.